The van der Waals surface area contributed by atoms with E-state index >= 15 is 0 Å². The van der Waals surface area contributed by atoms with Gasteiger partial charge in [-0.3, -0.25) is 4.79 Å². The molecule has 0 aromatic heterocycles. The van der Waals surface area contributed by atoms with Crippen LogP contribution in [0.3, 0.4) is 0 Å². The first-order valence-corrected chi connectivity index (χ1v) is 4.32. The first-order chi connectivity index (χ1) is 6.85. The Balaban J connectivity index is 0.000000500. The molecular weight excluding hydrogens is 182 g/mol. The van der Waals surface area contributed by atoms with Gasteiger partial charge in [0.25, 0.3) is 6.47 Å². The van der Waals surface area contributed by atoms with Crippen molar-refractivity contribution in [2.45, 2.75) is 6.42 Å². The number of benzene rings is 1. The molecule has 78 valence electrons. The van der Waals surface area contributed by atoms with E-state index in [0.29, 0.717) is 0 Å². The number of nitrogens with one attached hydrogen (secondary N) is 1. The standard InChI is InChI=1S/C9H13NO.CH2O2/c11-8-4-7-10-9-5-2-1-3-6-9;2-1-3/h1-3,5-6,10-11H,4,7-8H2;1H,(H,2,3). The van der Waals surface area contributed by atoms with Gasteiger partial charge in [-0.05, 0) is 18.6 Å². The summed E-state index contributed by atoms with van der Waals surface area (Å²) in [7, 11) is 0. The molecule has 0 unspecified atom stereocenters. The van der Waals surface area contributed by atoms with Gasteiger partial charge in [0.05, 0.1) is 0 Å². The van der Waals surface area contributed by atoms with Gasteiger partial charge in [-0.1, -0.05) is 18.2 Å². The molecule has 0 radical (unpaired) electrons. The lowest BCUT2D eigenvalue weighted by atomic mass is 10.3. The number of anilines is 1. The SMILES string of the molecule is O=CO.OCCCNc1ccccc1. The Kier molecular flexibility index (Phi) is 8.48. The van der Waals surface area contributed by atoms with Gasteiger partial charge in [0.1, 0.15) is 0 Å². The number of para-hydroxylation sites is 1. The van der Waals surface area contributed by atoms with E-state index in [1.54, 1.807) is 0 Å². The van der Waals surface area contributed by atoms with E-state index in [1.807, 2.05) is 30.3 Å². The van der Waals surface area contributed by atoms with Crippen LogP contribution in [0.25, 0.3) is 0 Å². The van der Waals surface area contributed by atoms with Crippen molar-refractivity contribution < 1.29 is 15.0 Å². The van der Waals surface area contributed by atoms with Gasteiger partial charge in [-0.2, -0.15) is 0 Å². The van der Waals surface area contributed by atoms with Crippen molar-refractivity contribution in [2.24, 2.45) is 0 Å². The number of carboxylic acid groups (broad SMARTS) is 1. The summed E-state index contributed by atoms with van der Waals surface area (Å²) in [6.45, 7) is 0.834. The van der Waals surface area contributed by atoms with E-state index in [9.17, 15) is 0 Å². The van der Waals surface area contributed by atoms with Crippen LogP contribution in [0.5, 0.6) is 0 Å². The van der Waals surface area contributed by atoms with Gasteiger partial charge < -0.3 is 15.5 Å². The second-order valence-corrected chi connectivity index (χ2v) is 2.48. The molecule has 1 aromatic rings. The number of hydrogen-bond donors (Lipinski definition) is 3. The van der Waals surface area contributed by atoms with Crippen molar-refractivity contribution in [3.63, 3.8) is 0 Å². The zero-order valence-corrected chi connectivity index (χ0v) is 7.89. The molecular formula is C10H15NO3. The van der Waals surface area contributed by atoms with Crippen LogP contribution in [0.2, 0.25) is 0 Å². The van der Waals surface area contributed by atoms with E-state index in [4.69, 9.17) is 15.0 Å². The van der Waals surface area contributed by atoms with Crippen LogP contribution >= 0.6 is 0 Å². The second kappa shape index (κ2) is 9.54. The third kappa shape index (κ3) is 7.12. The summed E-state index contributed by atoms with van der Waals surface area (Å²) in [6, 6.07) is 9.98. The van der Waals surface area contributed by atoms with Crippen LogP contribution in [-0.2, 0) is 4.79 Å². The van der Waals surface area contributed by atoms with Crippen molar-refractivity contribution in [3.8, 4) is 0 Å². The highest BCUT2D eigenvalue weighted by Crippen LogP contribution is 2.03. The van der Waals surface area contributed by atoms with E-state index < -0.39 is 0 Å². The van der Waals surface area contributed by atoms with Gasteiger partial charge >= 0.3 is 0 Å². The fourth-order valence-electron chi connectivity index (χ4n) is 0.868. The number of rotatable bonds is 4. The summed E-state index contributed by atoms with van der Waals surface area (Å²) in [5.74, 6) is 0. The summed E-state index contributed by atoms with van der Waals surface area (Å²) in [6.07, 6.45) is 0.800. The Bertz CT molecular complexity index is 226. The topological polar surface area (TPSA) is 69.6 Å². The quantitative estimate of drug-likeness (QED) is 0.501. The van der Waals surface area contributed by atoms with Crippen LogP contribution in [0.4, 0.5) is 5.69 Å². The molecule has 1 rings (SSSR count). The number of carbonyl (C=O) groups is 1. The summed E-state index contributed by atoms with van der Waals surface area (Å²) >= 11 is 0. The summed E-state index contributed by atoms with van der Waals surface area (Å²) < 4.78 is 0. The Morgan fingerprint density at radius 2 is 1.86 bits per heavy atom. The average molecular weight is 197 g/mol. The highest BCUT2D eigenvalue weighted by Gasteiger charge is 1.86. The summed E-state index contributed by atoms with van der Waals surface area (Å²) in [5, 5.41) is 18.6. The van der Waals surface area contributed by atoms with E-state index in [-0.39, 0.29) is 13.1 Å². The molecule has 1 aromatic carbocycles. The van der Waals surface area contributed by atoms with Crippen LogP contribution in [0, 0.1) is 0 Å². The molecule has 0 fully saturated rings. The highest BCUT2D eigenvalue weighted by atomic mass is 16.3. The highest BCUT2D eigenvalue weighted by molar-refractivity contribution is 5.42. The molecule has 0 aliphatic heterocycles. The molecule has 14 heavy (non-hydrogen) atoms. The third-order valence-electron chi connectivity index (χ3n) is 1.44. The maximum absolute atomic E-state index is 8.50. The Labute approximate surface area is 83.2 Å². The summed E-state index contributed by atoms with van der Waals surface area (Å²) in [4.78, 5) is 8.36. The minimum atomic E-state index is -0.250. The Morgan fingerprint density at radius 3 is 2.36 bits per heavy atom. The molecule has 0 atom stereocenters. The number of aliphatic hydroxyl groups excluding tert-OH is 1. The van der Waals surface area contributed by atoms with Crippen LogP contribution in [0.1, 0.15) is 6.42 Å². The predicted molar refractivity (Wildman–Crippen MR) is 55.3 cm³/mol. The van der Waals surface area contributed by atoms with Gasteiger partial charge in [-0.25, -0.2) is 0 Å². The number of hydrogen-bond acceptors (Lipinski definition) is 3. The maximum Gasteiger partial charge on any atom is 0.290 e. The zero-order valence-electron chi connectivity index (χ0n) is 7.89. The normalized spacial score (nSPS) is 8.36. The van der Waals surface area contributed by atoms with Gasteiger partial charge in [0.15, 0.2) is 0 Å². The van der Waals surface area contributed by atoms with Crippen molar-refractivity contribution >= 4 is 12.2 Å². The van der Waals surface area contributed by atoms with Gasteiger partial charge in [0.2, 0.25) is 0 Å². The van der Waals surface area contributed by atoms with Crippen LogP contribution in [-0.4, -0.2) is 29.8 Å². The minimum Gasteiger partial charge on any atom is -0.483 e. The van der Waals surface area contributed by atoms with E-state index in [2.05, 4.69) is 5.32 Å². The smallest absolute Gasteiger partial charge is 0.290 e. The molecule has 0 amide bonds. The molecule has 0 saturated carbocycles. The molecule has 0 aliphatic rings. The fourth-order valence-corrected chi connectivity index (χ4v) is 0.868. The van der Waals surface area contributed by atoms with Crippen molar-refractivity contribution in [1.82, 2.24) is 0 Å². The molecule has 0 heterocycles. The lowest BCUT2D eigenvalue weighted by Crippen LogP contribution is -2.02. The Morgan fingerprint density at radius 1 is 1.29 bits per heavy atom. The summed E-state index contributed by atoms with van der Waals surface area (Å²) in [5.41, 5.74) is 1.11. The minimum absolute atomic E-state index is 0.250. The van der Waals surface area contributed by atoms with Crippen molar-refractivity contribution in [3.05, 3.63) is 30.3 Å². The Hall–Kier alpha value is -1.55. The van der Waals surface area contributed by atoms with Crippen molar-refractivity contribution in [1.29, 1.82) is 0 Å². The van der Waals surface area contributed by atoms with E-state index in [0.717, 1.165) is 18.7 Å². The van der Waals surface area contributed by atoms with Gasteiger partial charge in [0, 0.05) is 18.8 Å². The number of aliphatic hydroxyl groups is 1. The molecule has 0 bridgehead atoms. The predicted octanol–water partition coefficient (Wildman–Crippen LogP) is 1.18. The molecule has 3 N–H and O–H groups in total. The lowest BCUT2D eigenvalue weighted by molar-refractivity contribution is -0.122. The molecule has 4 heteroatoms. The zero-order chi connectivity index (χ0) is 10.6. The average Bonchev–Trinajstić information content (AvgIpc) is 2.21. The molecule has 0 spiro atoms. The fraction of sp³-hybridized carbons (Fsp3) is 0.300. The molecule has 0 saturated heterocycles. The lowest BCUT2D eigenvalue weighted by Gasteiger charge is -2.03. The van der Waals surface area contributed by atoms with Crippen LogP contribution in [0.15, 0.2) is 30.3 Å². The first kappa shape index (κ1) is 12.4. The first-order valence-electron chi connectivity index (χ1n) is 4.32. The van der Waals surface area contributed by atoms with E-state index in [1.165, 1.54) is 0 Å². The maximum atomic E-state index is 8.50. The van der Waals surface area contributed by atoms with Gasteiger partial charge in [-0.15, -0.1) is 0 Å². The monoisotopic (exact) mass is 197 g/mol. The molecule has 4 nitrogen and oxygen atoms in total. The molecule has 0 aliphatic carbocycles. The second-order valence-electron chi connectivity index (χ2n) is 2.48. The largest absolute Gasteiger partial charge is 0.483 e. The van der Waals surface area contributed by atoms with Crippen LogP contribution < -0.4 is 5.32 Å². The van der Waals surface area contributed by atoms with Crippen molar-refractivity contribution in [2.75, 3.05) is 18.5 Å². The third-order valence-corrected chi connectivity index (χ3v) is 1.44.